The second-order valence-electron chi connectivity index (χ2n) is 3.21. The molecular weight excluding hydrogens is 405 g/mol. The van der Waals surface area contributed by atoms with Gasteiger partial charge in [0.2, 0.25) is 5.75 Å². The second-order valence-corrected chi connectivity index (χ2v) is 5.58. The van der Waals surface area contributed by atoms with Crippen LogP contribution in [0.3, 0.4) is 0 Å². The van der Waals surface area contributed by atoms with Gasteiger partial charge in [-0.05, 0) is 28.7 Å². The largest absolute Gasteiger partial charge is 0.422 e. The molecule has 0 aliphatic heterocycles. The zero-order valence-electron chi connectivity index (χ0n) is 8.96. The summed E-state index contributed by atoms with van der Waals surface area (Å²) in [6, 6.07) is 4.52. The molecule has 0 N–H and O–H groups in total. The maximum Gasteiger partial charge on any atom is 0.314 e. The SMILES string of the molecule is N#Cc1cc(I)c(Oc2nc(Cl)cs2)c([N+](=O)[O-])c1. The lowest BCUT2D eigenvalue weighted by Gasteiger charge is -2.05. The smallest absolute Gasteiger partial charge is 0.314 e. The summed E-state index contributed by atoms with van der Waals surface area (Å²) < 4.78 is 5.84. The van der Waals surface area contributed by atoms with E-state index in [0.717, 1.165) is 17.4 Å². The third-order valence-corrected chi connectivity index (χ3v) is 3.84. The van der Waals surface area contributed by atoms with Crippen LogP contribution < -0.4 is 4.74 Å². The van der Waals surface area contributed by atoms with Gasteiger partial charge >= 0.3 is 5.69 Å². The summed E-state index contributed by atoms with van der Waals surface area (Å²) >= 11 is 8.65. The minimum Gasteiger partial charge on any atom is -0.422 e. The highest BCUT2D eigenvalue weighted by Crippen LogP contribution is 2.38. The minimum atomic E-state index is -0.604. The molecule has 2 aromatic rings. The Morgan fingerprint density at radius 2 is 2.32 bits per heavy atom. The zero-order valence-corrected chi connectivity index (χ0v) is 12.7. The number of thiazole rings is 1. The molecule has 9 heteroatoms. The van der Waals surface area contributed by atoms with E-state index in [-0.39, 0.29) is 27.3 Å². The summed E-state index contributed by atoms with van der Waals surface area (Å²) in [4.78, 5) is 14.3. The second kappa shape index (κ2) is 5.68. The van der Waals surface area contributed by atoms with Crippen LogP contribution in [0.5, 0.6) is 10.9 Å². The van der Waals surface area contributed by atoms with Crippen LogP contribution in [0, 0.1) is 25.0 Å². The van der Waals surface area contributed by atoms with Gasteiger partial charge in [-0.15, -0.1) is 0 Å². The van der Waals surface area contributed by atoms with Crippen molar-refractivity contribution in [3.63, 3.8) is 0 Å². The van der Waals surface area contributed by atoms with E-state index >= 15 is 0 Å². The summed E-state index contributed by atoms with van der Waals surface area (Å²) in [5.41, 5.74) is -0.0876. The number of nitrogens with zero attached hydrogens (tertiary/aromatic N) is 3. The Morgan fingerprint density at radius 3 is 2.84 bits per heavy atom. The topological polar surface area (TPSA) is 89.0 Å². The fraction of sp³-hybridized carbons (Fsp3) is 0. The van der Waals surface area contributed by atoms with Gasteiger partial charge < -0.3 is 4.74 Å². The average Bonchev–Trinajstić information content (AvgIpc) is 2.76. The van der Waals surface area contributed by atoms with Crippen LogP contribution in [0.15, 0.2) is 17.5 Å². The number of ether oxygens (including phenoxy) is 1. The van der Waals surface area contributed by atoms with Crippen LogP contribution >= 0.6 is 45.5 Å². The summed E-state index contributed by atoms with van der Waals surface area (Å²) in [6.07, 6.45) is 0. The molecule has 0 spiro atoms. The molecule has 0 atom stereocenters. The zero-order chi connectivity index (χ0) is 14.0. The van der Waals surface area contributed by atoms with E-state index in [4.69, 9.17) is 21.6 Å². The van der Waals surface area contributed by atoms with Crippen molar-refractivity contribution in [3.8, 4) is 17.0 Å². The highest BCUT2D eigenvalue weighted by molar-refractivity contribution is 14.1. The van der Waals surface area contributed by atoms with Crippen molar-refractivity contribution in [2.24, 2.45) is 0 Å². The first kappa shape index (κ1) is 14.0. The number of nitro benzene ring substituents is 1. The van der Waals surface area contributed by atoms with Crippen molar-refractivity contribution in [2.45, 2.75) is 0 Å². The number of aromatic nitrogens is 1. The van der Waals surface area contributed by atoms with E-state index in [1.54, 1.807) is 5.38 Å². The van der Waals surface area contributed by atoms with E-state index in [2.05, 4.69) is 4.98 Å². The van der Waals surface area contributed by atoms with E-state index in [1.165, 1.54) is 6.07 Å². The Kier molecular flexibility index (Phi) is 4.18. The number of rotatable bonds is 3. The van der Waals surface area contributed by atoms with Gasteiger partial charge in [0.15, 0.2) is 0 Å². The van der Waals surface area contributed by atoms with Crippen LogP contribution in [0.4, 0.5) is 5.69 Å². The standard InChI is InChI=1S/C10H3ClIN3O3S/c11-8-4-19-10(14-8)18-9-6(12)1-5(3-13)2-7(9)15(16)17/h1-2,4H. The number of nitro groups is 1. The third kappa shape index (κ3) is 3.12. The van der Waals surface area contributed by atoms with Crippen LogP contribution in [-0.4, -0.2) is 9.91 Å². The highest BCUT2D eigenvalue weighted by atomic mass is 127. The summed E-state index contributed by atoms with van der Waals surface area (Å²) in [6.45, 7) is 0. The molecule has 0 saturated heterocycles. The maximum atomic E-state index is 11.0. The molecule has 0 unspecified atom stereocenters. The highest BCUT2D eigenvalue weighted by Gasteiger charge is 2.22. The lowest BCUT2D eigenvalue weighted by molar-refractivity contribution is -0.385. The van der Waals surface area contributed by atoms with Gasteiger partial charge in [-0.1, -0.05) is 22.9 Å². The molecule has 6 nitrogen and oxygen atoms in total. The first-order valence-corrected chi connectivity index (χ1v) is 7.02. The molecule has 96 valence electrons. The maximum absolute atomic E-state index is 11.0. The summed E-state index contributed by atoms with van der Waals surface area (Å²) in [7, 11) is 0. The molecule has 2 rings (SSSR count). The van der Waals surface area contributed by atoms with Crippen LogP contribution in [0.2, 0.25) is 5.15 Å². The molecule has 1 aromatic carbocycles. The third-order valence-electron chi connectivity index (χ3n) is 1.99. The number of nitriles is 1. The van der Waals surface area contributed by atoms with Gasteiger partial charge in [0.1, 0.15) is 5.15 Å². The Bertz CT molecular complexity index is 698. The van der Waals surface area contributed by atoms with Crippen LogP contribution in [0.1, 0.15) is 5.56 Å². The predicted octanol–water partition coefficient (Wildman–Crippen LogP) is 3.97. The number of benzene rings is 1. The van der Waals surface area contributed by atoms with Gasteiger partial charge in [-0.3, -0.25) is 10.1 Å². The van der Waals surface area contributed by atoms with E-state index < -0.39 is 4.92 Å². The van der Waals surface area contributed by atoms with Crippen LogP contribution in [-0.2, 0) is 0 Å². The van der Waals surface area contributed by atoms with Gasteiger partial charge in [0.25, 0.3) is 5.19 Å². The molecule has 0 saturated carbocycles. The Hall–Kier alpha value is -1.44. The molecule has 0 fully saturated rings. The quantitative estimate of drug-likeness (QED) is 0.436. The number of hydrogen-bond donors (Lipinski definition) is 0. The van der Waals surface area contributed by atoms with Crippen molar-refractivity contribution in [2.75, 3.05) is 0 Å². The molecule has 1 aromatic heterocycles. The summed E-state index contributed by atoms with van der Waals surface area (Å²) in [5, 5.41) is 21.8. The molecule has 0 aliphatic rings. The first-order chi connectivity index (χ1) is 9.01. The van der Waals surface area contributed by atoms with Gasteiger partial charge in [-0.25, -0.2) is 0 Å². The molecule has 0 amide bonds. The fourth-order valence-corrected chi connectivity index (χ4v) is 2.77. The number of halogens is 2. The summed E-state index contributed by atoms with van der Waals surface area (Å²) in [5.74, 6) is 0.0515. The molecular formula is C10H3ClIN3O3S. The average molecular weight is 408 g/mol. The van der Waals surface area contributed by atoms with E-state index in [1.807, 2.05) is 28.7 Å². The van der Waals surface area contributed by atoms with Crippen molar-refractivity contribution in [1.29, 1.82) is 5.26 Å². The fourth-order valence-electron chi connectivity index (χ4n) is 1.25. The van der Waals surface area contributed by atoms with Crippen molar-refractivity contribution >= 4 is 51.2 Å². The van der Waals surface area contributed by atoms with Gasteiger partial charge in [-0.2, -0.15) is 10.2 Å². The van der Waals surface area contributed by atoms with Crippen molar-refractivity contribution in [1.82, 2.24) is 4.98 Å². The molecule has 0 aliphatic carbocycles. The van der Waals surface area contributed by atoms with Crippen LogP contribution in [0.25, 0.3) is 0 Å². The molecule has 19 heavy (non-hydrogen) atoms. The van der Waals surface area contributed by atoms with Gasteiger partial charge in [0.05, 0.1) is 20.1 Å². The predicted molar refractivity (Wildman–Crippen MR) is 77.7 cm³/mol. The Morgan fingerprint density at radius 1 is 1.58 bits per heavy atom. The van der Waals surface area contributed by atoms with Gasteiger partial charge in [0, 0.05) is 11.4 Å². The molecule has 1 heterocycles. The monoisotopic (exact) mass is 407 g/mol. The lowest BCUT2D eigenvalue weighted by Crippen LogP contribution is -1.97. The Balaban J connectivity index is 2.50. The number of hydrogen-bond acceptors (Lipinski definition) is 6. The Labute approximate surface area is 129 Å². The molecule has 0 bridgehead atoms. The lowest BCUT2D eigenvalue weighted by atomic mass is 10.2. The molecule has 0 radical (unpaired) electrons. The van der Waals surface area contributed by atoms with E-state index in [0.29, 0.717) is 3.57 Å². The normalized spacial score (nSPS) is 9.95. The van der Waals surface area contributed by atoms with Crippen molar-refractivity contribution in [3.05, 3.63) is 41.9 Å². The van der Waals surface area contributed by atoms with Crippen molar-refractivity contribution < 1.29 is 9.66 Å². The minimum absolute atomic E-state index is 0.0515. The first-order valence-electron chi connectivity index (χ1n) is 4.68. The van der Waals surface area contributed by atoms with E-state index in [9.17, 15) is 10.1 Å².